The quantitative estimate of drug-likeness (QED) is 0.544. The fraction of sp³-hybridized carbons (Fsp3) is 0.111. The molecule has 0 atom stereocenters. The number of ether oxygens (including phenoxy) is 1. The minimum Gasteiger partial charge on any atom is -0.406 e. The number of halogens is 3. The van der Waals surface area contributed by atoms with E-state index < -0.39 is 6.36 Å². The summed E-state index contributed by atoms with van der Waals surface area (Å²) in [4.78, 5) is 8.60. The third kappa shape index (κ3) is 4.62. The Morgan fingerprint density at radius 3 is 2.54 bits per heavy atom. The van der Waals surface area contributed by atoms with E-state index in [0.29, 0.717) is 12.2 Å². The van der Waals surface area contributed by atoms with Crippen molar-refractivity contribution < 1.29 is 17.9 Å². The number of nitrogens with zero attached hydrogens (tertiary/aromatic N) is 2. The first-order chi connectivity index (χ1) is 12.4. The van der Waals surface area contributed by atoms with Gasteiger partial charge in [-0.2, -0.15) is 0 Å². The fourth-order valence-electron chi connectivity index (χ4n) is 2.39. The van der Waals surface area contributed by atoms with Gasteiger partial charge >= 0.3 is 6.36 Å². The lowest BCUT2D eigenvalue weighted by Gasteiger charge is -2.10. The summed E-state index contributed by atoms with van der Waals surface area (Å²) >= 11 is 0. The van der Waals surface area contributed by atoms with Crippen molar-refractivity contribution >= 4 is 22.5 Å². The summed E-state index contributed by atoms with van der Waals surface area (Å²) in [6.07, 6.45) is -3.01. The predicted octanol–water partition coefficient (Wildman–Crippen LogP) is 4.06. The van der Waals surface area contributed by atoms with Crippen molar-refractivity contribution in [3.05, 3.63) is 66.4 Å². The van der Waals surface area contributed by atoms with E-state index in [2.05, 4.69) is 20.0 Å². The van der Waals surface area contributed by atoms with E-state index >= 15 is 0 Å². The van der Waals surface area contributed by atoms with Crippen LogP contribution in [0.3, 0.4) is 0 Å². The van der Waals surface area contributed by atoms with Gasteiger partial charge in [-0.3, -0.25) is 4.98 Å². The molecule has 8 heteroatoms. The Morgan fingerprint density at radius 1 is 1.08 bits per heavy atom. The molecule has 1 heterocycles. The lowest BCUT2D eigenvalue weighted by Crippen LogP contribution is -2.22. The lowest BCUT2D eigenvalue weighted by molar-refractivity contribution is -0.274. The van der Waals surface area contributed by atoms with Gasteiger partial charge in [0, 0.05) is 17.3 Å². The number of fused-ring (bicyclic) bond motifs is 1. The van der Waals surface area contributed by atoms with Crippen LogP contribution < -0.4 is 15.8 Å². The number of guanidine groups is 1. The number of aromatic nitrogens is 1. The molecule has 0 fully saturated rings. The van der Waals surface area contributed by atoms with E-state index in [-0.39, 0.29) is 11.7 Å². The second-order valence-electron chi connectivity index (χ2n) is 5.39. The molecule has 26 heavy (non-hydrogen) atoms. The molecule has 0 unspecified atom stereocenters. The van der Waals surface area contributed by atoms with Crippen molar-refractivity contribution in [3.8, 4) is 5.75 Å². The molecule has 0 amide bonds. The Hall–Kier alpha value is -3.29. The van der Waals surface area contributed by atoms with Crippen molar-refractivity contribution in [3.63, 3.8) is 0 Å². The standard InChI is InChI=1S/C18H15F3N4O/c19-18(20,21)26-15-8-6-14(7-9-15)25-17(22)24-11-13-4-1-3-12-5-2-10-23-16(12)13/h1-10H,11H2,(H3,22,24,25). The van der Waals surface area contributed by atoms with Gasteiger partial charge in [-0.1, -0.05) is 24.3 Å². The van der Waals surface area contributed by atoms with Crippen LogP contribution in [-0.4, -0.2) is 17.3 Å². The highest BCUT2D eigenvalue weighted by Crippen LogP contribution is 2.24. The lowest BCUT2D eigenvalue weighted by atomic mass is 10.1. The number of hydrogen-bond acceptors (Lipinski definition) is 3. The molecule has 0 aliphatic rings. The molecule has 0 saturated carbocycles. The van der Waals surface area contributed by atoms with Crippen LogP contribution in [0.15, 0.2) is 65.8 Å². The Labute approximate surface area is 147 Å². The molecular formula is C18H15F3N4O. The van der Waals surface area contributed by atoms with Crippen LogP contribution in [0.4, 0.5) is 18.9 Å². The highest BCUT2D eigenvalue weighted by molar-refractivity contribution is 5.92. The van der Waals surface area contributed by atoms with Crippen LogP contribution in [-0.2, 0) is 6.54 Å². The normalized spacial score (nSPS) is 12.2. The number of rotatable bonds is 4. The molecule has 0 radical (unpaired) electrons. The summed E-state index contributed by atoms with van der Waals surface area (Å²) in [6, 6.07) is 14.8. The molecule has 134 valence electrons. The zero-order valence-corrected chi connectivity index (χ0v) is 13.5. The molecule has 0 bridgehead atoms. The predicted molar refractivity (Wildman–Crippen MR) is 93.8 cm³/mol. The zero-order valence-electron chi connectivity index (χ0n) is 13.5. The Kier molecular flexibility index (Phi) is 4.92. The number of aliphatic imine (C=N–C) groups is 1. The van der Waals surface area contributed by atoms with Gasteiger partial charge in [-0.05, 0) is 35.9 Å². The van der Waals surface area contributed by atoms with E-state index in [0.717, 1.165) is 16.5 Å². The maximum atomic E-state index is 12.1. The Bertz CT molecular complexity index is 918. The van der Waals surface area contributed by atoms with Crippen LogP contribution in [0.25, 0.3) is 10.9 Å². The van der Waals surface area contributed by atoms with Crippen molar-refractivity contribution in [2.45, 2.75) is 12.9 Å². The van der Waals surface area contributed by atoms with Crippen molar-refractivity contribution in [1.29, 1.82) is 0 Å². The van der Waals surface area contributed by atoms with Crippen LogP contribution in [0.1, 0.15) is 5.56 Å². The zero-order chi connectivity index (χ0) is 18.6. The van der Waals surface area contributed by atoms with Crippen LogP contribution in [0, 0.1) is 0 Å². The van der Waals surface area contributed by atoms with Gasteiger partial charge in [0.25, 0.3) is 0 Å². The molecule has 3 rings (SSSR count). The fourth-order valence-corrected chi connectivity index (χ4v) is 2.39. The third-order valence-electron chi connectivity index (χ3n) is 3.50. The van der Waals surface area contributed by atoms with Crippen molar-refractivity contribution in [2.24, 2.45) is 10.7 Å². The molecule has 0 saturated heterocycles. The van der Waals surface area contributed by atoms with E-state index in [1.807, 2.05) is 30.3 Å². The summed E-state index contributed by atoms with van der Waals surface area (Å²) in [6.45, 7) is 0.322. The number of benzene rings is 2. The number of alkyl halides is 3. The van der Waals surface area contributed by atoms with E-state index in [1.165, 1.54) is 24.3 Å². The number of pyridine rings is 1. The van der Waals surface area contributed by atoms with Crippen LogP contribution >= 0.6 is 0 Å². The Morgan fingerprint density at radius 2 is 1.81 bits per heavy atom. The maximum Gasteiger partial charge on any atom is 0.573 e. The van der Waals surface area contributed by atoms with Gasteiger partial charge in [0.1, 0.15) is 5.75 Å². The van der Waals surface area contributed by atoms with Gasteiger partial charge in [-0.25, -0.2) is 4.99 Å². The summed E-state index contributed by atoms with van der Waals surface area (Å²) in [5, 5.41) is 3.83. The number of para-hydroxylation sites is 1. The van der Waals surface area contributed by atoms with Crippen molar-refractivity contribution in [1.82, 2.24) is 4.98 Å². The van der Waals surface area contributed by atoms with Gasteiger partial charge in [0.2, 0.25) is 0 Å². The average Bonchev–Trinajstić information content (AvgIpc) is 2.60. The highest BCUT2D eigenvalue weighted by Gasteiger charge is 2.30. The molecule has 0 aliphatic heterocycles. The Balaban J connectivity index is 1.67. The first kappa shape index (κ1) is 17.5. The molecular weight excluding hydrogens is 345 g/mol. The maximum absolute atomic E-state index is 12.1. The smallest absolute Gasteiger partial charge is 0.406 e. The van der Waals surface area contributed by atoms with Crippen LogP contribution in [0.2, 0.25) is 0 Å². The molecule has 3 aromatic rings. The average molecular weight is 360 g/mol. The number of nitrogens with two attached hydrogens (primary N) is 1. The second kappa shape index (κ2) is 7.30. The topological polar surface area (TPSA) is 72.5 Å². The molecule has 0 spiro atoms. The summed E-state index contributed by atoms with van der Waals surface area (Å²) < 4.78 is 40.2. The summed E-state index contributed by atoms with van der Waals surface area (Å²) in [7, 11) is 0. The number of hydrogen-bond donors (Lipinski definition) is 2. The first-order valence-corrected chi connectivity index (χ1v) is 7.66. The number of anilines is 1. The van der Waals surface area contributed by atoms with Gasteiger partial charge in [-0.15, -0.1) is 13.2 Å². The minimum absolute atomic E-state index is 0.141. The highest BCUT2D eigenvalue weighted by atomic mass is 19.4. The summed E-state index contributed by atoms with van der Waals surface area (Å²) in [5.41, 5.74) is 8.11. The van der Waals surface area contributed by atoms with Gasteiger partial charge < -0.3 is 15.8 Å². The largest absolute Gasteiger partial charge is 0.573 e. The monoisotopic (exact) mass is 360 g/mol. The van der Waals surface area contributed by atoms with Gasteiger partial charge in [0.15, 0.2) is 5.96 Å². The van der Waals surface area contributed by atoms with E-state index in [4.69, 9.17) is 5.73 Å². The van der Waals surface area contributed by atoms with Crippen LogP contribution in [0.5, 0.6) is 5.75 Å². The first-order valence-electron chi connectivity index (χ1n) is 7.66. The molecule has 5 nitrogen and oxygen atoms in total. The second-order valence-corrected chi connectivity index (χ2v) is 5.39. The van der Waals surface area contributed by atoms with E-state index in [1.54, 1.807) is 6.20 Å². The molecule has 2 aromatic carbocycles. The van der Waals surface area contributed by atoms with E-state index in [9.17, 15) is 13.2 Å². The SMILES string of the molecule is NC(=NCc1cccc2cccnc12)Nc1ccc(OC(F)(F)F)cc1. The third-order valence-corrected chi connectivity index (χ3v) is 3.50. The van der Waals surface area contributed by atoms with Crippen molar-refractivity contribution in [2.75, 3.05) is 5.32 Å². The molecule has 0 aliphatic carbocycles. The minimum atomic E-state index is -4.72. The number of nitrogens with one attached hydrogen (secondary N) is 1. The molecule has 1 aromatic heterocycles. The van der Waals surface area contributed by atoms with Gasteiger partial charge in [0.05, 0.1) is 12.1 Å². The molecule has 3 N–H and O–H groups in total. The summed E-state index contributed by atoms with van der Waals surface area (Å²) in [5.74, 6) is -0.164.